The summed E-state index contributed by atoms with van der Waals surface area (Å²) in [5.74, 6) is 0.419. The molecule has 1 saturated heterocycles. The van der Waals surface area contributed by atoms with Gasteiger partial charge >= 0.3 is 0 Å². The van der Waals surface area contributed by atoms with Crippen LogP contribution in [0.5, 0.6) is 0 Å². The van der Waals surface area contributed by atoms with E-state index in [0.29, 0.717) is 11.0 Å². The number of carbonyl (C=O) groups is 1. The molecule has 0 spiro atoms. The van der Waals surface area contributed by atoms with Crippen molar-refractivity contribution in [3.8, 4) is 0 Å². The van der Waals surface area contributed by atoms with Crippen molar-refractivity contribution in [2.45, 2.75) is 43.8 Å². The smallest absolute Gasteiger partial charge is 0.136 e. The standard InChI is InChI=1S/C11H17NOS2/c13-9-4-3-5-10(8-9)15-11(14)12-6-1-2-7-12/h10H,1-8H2. The molecule has 2 rings (SSSR count). The van der Waals surface area contributed by atoms with Gasteiger partial charge in [-0.25, -0.2) is 0 Å². The normalized spacial score (nSPS) is 27.1. The predicted molar refractivity (Wildman–Crippen MR) is 68.3 cm³/mol. The van der Waals surface area contributed by atoms with Gasteiger partial charge in [0, 0.05) is 31.2 Å². The van der Waals surface area contributed by atoms with Crippen LogP contribution in [0.1, 0.15) is 38.5 Å². The number of likely N-dealkylation sites (tertiary alicyclic amines) is 1. The van der Waals surface area contributed by atoms with Crippen molar-refractivity contribution >= 4 is 34.1 Å². The molecule has 15 heavy (non-hydrogen) atoms. The minimum Gasteiger partial charge on any atom is -0.358 e. The third kappa shape index (κ3) is 3.18. The number of ketones is 1. The van der Waals surface area contributed by atoms with Gasteiger partial charge < -0.3 is 4.90 Å². The molecule has 0 N–H and O–H groups in total. The zero-order valence-corrected chi connectivity index (χ0v) is 10.5. The van der Waals surface area contributed by atoms with Crippen LogP contribution >= 0.6 is 24.0 Å². The quantitative estimate of drug-likeness (QED) is 0.659. The summed E-state index contributed by atoms with van der Waals surface area (Å²) in [4.78, 5) is 13.6. The first kappa shape index (κ1) is 11.4. The van der Waals surface area contributed by atoms with Gasteiger partial charge in [-0.1, -0.05) is 24.0 Å². The van der Waals surface area contributed by atoms with Crippen LogP contribution in [-0.2, 0) is 4.79 Å². The minimum absolute atomic E-state index is 0.419. The summed E-state index contributed by atoms with van der Waals surface area (Å²) in [6.07, 6.45) is 6.27. The topological polar surface area (TPSA) is 20.3 Å². The molecule has 4 heteroatoms. The lowest BCUT2D eigenvalue weighted by molar-refractivity contribution is -0.120. The Morgan fingerprint density at radius 1 is 1.33 bits per heavy atom. The molecule has 2 fully saturated rings. The monoisotopic (exact) mass is 243 g/mol. The van der Waals surface area contributed by atoms with E-state index in [1.54, 1.807) is 11.8 Å². The van der Waals surface area contributed by atoms with Crippen molar-refractivity contribution in [2.75, 3.05) is 13.1 Å². The average molecular weight is 243 g/mol. The van der Waals surface area contributed by atoms with Crippen molar-refractivity contribution in [3.05, 3.63) is 0 Å². The molecule has 2 aliphatic rings. The Kier molecular flexibility index (Phi) is 4.03. The Bertz CT molecular complexity index is 261. The largest absolute Gasteiger partial charge is 0.358 e. The highest BCUT2D eigenvalue weighted by Gasteiger charge is 2.24. The molecule has 1 aliphatic heterocycles. The van der Waals surface area contributed by atoms with E-state index in [-0.39, 0.29) is 0 Å². The van der Waals surface area contributed by atoms with Gasteiger partial charge in [-0.15, -0.1) is 0 Å². The maximum atomic E-state index is 11.3. The van der Waals surface area contributed by atoms with Crippen molar-refractivity contribution in [1.82, 2.24) is 4.90 Å². The molecular formula is C11H17NOS2. The molecule has 1 unspecified atom stereocenters. The first-order valence-electron chi connectivity index (χ1n) is 5.73. The van der Waals surface area contributed by atoms with E-state index in [2.05, 4.69) is 4.90 Å². The summed E-state index contributed by atoms with van der Waals surface area (Å²) >= 11 is 7.17. The molecule has 1 atom stereocenters. The lowest BCUT2D eigenvalue weighted by Crippen LogP contribution is -2.27. The summed E-state index contributed by atoms with van der Waals surface area (Å²) in [6.45, 7) is 2.24. The molecule has 0 bridgehead atoms. The fourth-order valence-corrected chi connectivity index (χ4v) is 3.96. The summed E-state index contributed by atoms with van der Waals surface area (Å²) < 4.78 is 1.02. The number of thiocarbonyl (C=S) groups is 1. The summed E-state index contributed by atoms with van der Waals surface area (Å²) in [7, 11) is 0. The molecule has 1 aliphatic carbocycles. The van der Waals surface area contributed by atoms with E-state index in [4.69, 9.17) is 12.2 Å². The highest BCUT2D eigenvalue weighted by molar-refractivity contribution is 8.23. The first-order chi connectivity index (χ1) is 7.25. The van der Waals surface area contributed by atoms with Gasteiger partial charge in [-0.2, -0.15) is 0 Å². The maximum absolute atomic E-state index is 11.3. The van der Waals surface area contributed by atoms with Crippen LogP contribution < -0.4 is 0 Å². The number of Topliss-reactive ketones (excluding diaryl/α,β-unsaturated/α-hetero) is 1. The fourth-order valence-electron chi connectivity index (χ4n) is 2.20. The number of thioether (sulfide) groups is 1. The zero-order valence-electron chi connectivity index (χ0n) is 8.91. The predicted octanol–water partition coefficient (Wildman–Crippen LogP) is 2.61. The Balaban J connectivity index is 1.79. The first-order valence-corrected chi connectivity index (χ1v) is 7.02. The van der Waals surface area contributed by atoms with E-state index in [9.17, 15) is 4.79 Å². The number of nitrogens with zero attached hydrogens (tertiary/aromatic N) is 1. The third-order valence-corrected chi connectivity index (χ3v) is 4.81. The Morgan fingerprint density at radius 2 is 2.07 bits per heavy atom. The lowest BCUT2D eigenvalue weighted by atomic mass is 9.99. The number of hydrogen-bond donors (Lipinski definition) is 0. The van der Waals surface area contributed by atoms with Crippen molar-refractivity contribution < 1.29 is 4.79 Å². The van der Waals surface area contributed by atoms with Gasteiger partial charge in [0.15, 0.2) is 0 Å². The van der Waals surface area contributed by atoms with Gasteiger partial charge in [-0.3, -0.25) is 4.79 Å². The molecule has 0 amide bonds. The van der Waals surface area contributed by atoms with Crippen LogP contribution in [0.3, 0.4) is 0 Å². The summed E-state index contributed by atoms with van der Waals surface area (Å²) in [5.41, 5.74) is 0. The van der Waals surface area contributed by atoms with E-state index in [1.165, 1.54) is 12.8 Å². The van der Waals surface area contributed by atoms with Crippen LogP contribution in [0, 0.1) is 0 Å². The van der Waals surface area contributed by atoms with Gasteiger partial charge in [0.25, 0.3) is 0 Å². The molecule has 1 heterocycles. The van der Waals surface area contributed by atoms with Crippen LogP contribution in [0.4, 0.5) is 0 Å². The molecule has 0 radical (unpaired) electrons. The minimum atomic E-state index is 0.419. The van der Waals surface area contributed by atoms with Crippen LogP contribution in [0.2, 0.25) is 0 Å². The average Bonchev–Trinajstić information content (AvgIpc) is 2.70. The van der Waals surface area contributed by atoms with Gasteiger partial charge in [-0.05, 0) is 25.7 Å². The van der Waals surface area contributed by atoms with Crippen molar-refractivity contribution in [1.29, 1.82) is 0 Å². The summed E-state index contributed by atoms with van der Waals surface area (Å²) in [6, 6.07) is 0. The highest BCUT2D eigenvalue weighted by atomic mass is 32.2. The molecular weight excluding hydrogens is 226 g/mol. The highest BCUT2D eigenvalue weighted by Crippen LogP contribution is 2.29. The Hall–Kier alpha value is -0.0900. The second-order valence-electron chi connectivity index (χ2n) is 4.33. The fraction of sp³-hybridized carbons (Fsp3) is 0.818. The Labute approximate surface area is 101 Å². The number of carbonyl (C=O) groups excluding carboxylic acids is 1. The van der Waals surface area contributed by atoms with Crippen LogP contribution in [-0.4, -0.2) is 33.3 Å². The van der Waals surface area contributed by atoms with E-state index < -0.39 is 0 Å². The molecule has 2 nitrogen and oxygen atoms in total. The number of rotatable bonds is 1. The van der Waals surface area contributed by atoms with E-state index in [0.717, 1.165) is 43.1 Å². The van der Waals surface area contributed by atoms with Gasteiger partial charge in [0.2, 0.25) is 0 Å². The van der Waals surface area contributed by atoms with Crippen molar-refractivity contribution in [2.24, 2.45) is 0 Å². The zero-order chi connectivity index (χ0) is 10.7. The van der Waals surface area contributed by atoms with E-state index in [1.807, 2.05) is 0 Å². The Morgan fingerprint density at radius 3 is 2.73 bits per heavy atom. The van der Waals surface area contributed by atoms with Crippen LogP contribution in [0.25, 0.3) is 0 Å². The second kappa shape index (κ2) is 5.30. The van der Waals surface area contributed by atoms with Gasteiger partial charge in [0.05, 0.1) is 0 Å². The van der Waals surface area contributed by atoms with Crippen molar-refractivity contribution in [3.63, 3.8) is 0 Å². The molecule has 0 aromatic carbocycles. The molecule has 0 aromatic rings. The van der Waals surface area contributed by atoms with Gasteiger partial charge in [0.1, 0.15) is 10.1 Å². The summed E-state index contributed by atoms with van der Waals surface area (Å²) in [5, 5.41) is 0.458. The molecule has 84 valence electrons. The molecule has 0 aromatic heterocycles. The SMILES string of the molecule is O=C1CCCC(SC(=S)N2CCCC2)C1. The lowest BCUT2D eigenvalue weighted by Gasteiger charge is -2.24. The third-order valence-electron chi connectivity index (χ3n) is 3.07. The maximum Gasteiger partial charge on any atom is 0.136 e. The van der Waals surface area contributed by atoms with Crippen LogP contribution in [0.15, 0.2) is 0 Å². The molecule has 1 saturated carbocycles. The number of hydrogen-bond acceptors (Lipinski definition) is 3. The second-order valence-corrected chi connectivity index (χ2v) is 6.27. The van der Waals surface area contributed by atoms with E-state index >= 15 is 0 Å².